The Morgan fingerprint density at radius 2 is 1.81 bits per heavy atom. The molecule has 0 aliphatic carbocycles. The molecule has 11 heteroatoms. The van der Waals surface area contributed by atoms with Crippen LogP contribution in [0.1, 0.15) is 0 Å². The SMILES string of the molecule is COc1ccc2nc(N3CC(C(=O)Nc4nc5ccc(S(C)(=O)=O)cc5s4)C3)sc2c1. The van der Waals surface area contributed by atoms with Crippen molar-refractivity contribution in [3.8, 4) is 5.75 Å². The number of carbonyl (C=O) groups excluding carboxylic acids is 1. The molecule has 1 N–H and O–H groups in total. The zero-order valence-corrected chi connectivity index (χ0v) is 19.1. The highest BCUT2D eigenvalue weighted by atomic mass is 32.2. The number of fused-ring (bicyclic) bond motifs is 2. The van der Waals surface area contributed by atoms with Crippen molar-refractivity contribution in [3.63, 3.8) is 0 Å². The van der Waals surface area contributed by atoms with Crippen molar-refractivity contribution in [2.75, 3.05) is 36.7 Å². The van der Waals surface area contributed by atoms with E-state index in [0.717, 1.165) is 25.8 Å². The number of hydrogen-bond acceptors (Lipinski definition) is 9. The van der Waals surface area contributed by atoms with E-state index in [4.69, 9.17) is 4.74 Å². The molecule has 31 heavy (non-hydrogen) atoms. The van der Waals surface area contributed by atoms with E-state index in [2.05, 4.69) is 20.2 Å². The average Bonchev–Trinajstić information content (AvgIpc) is 3.27. The summed E-state index contributed by atoms with van der Waals surface area (Å²) < 4.78 is 30.5. The second-order valence-corrected chi connectivity index (χ2v) is 11.4. The number of aromatic nitrogens is 2. The molecule has 0 atom stereocenters. The van der Waals surface area contributed by atoms with Gasteiger partial charge in [-0.3, -0.25) is 4.79 Å². The van der Waals surface area contributed by atoms with Crippen LogP contribution in [-0.2, 0) is 14.6 Å². The molecule has 1 aliphatic rings. The van der Waals surface area contributed by atoms with Crippen LogP contribution in [0.4, 0.5) is 10.3 Å². The molecule has 4 aromatic rings. The minimum absolute atomic E-state index is 0.0959. The molecule has 0 spiro atoms. The van der Waals surface area contributed by atoms with Gasteiger partial charge in [-0.1, -0.05) is 22.7 Å². The molecule has 5 rings (SSSR count). The normalized spacial score (nSPS) is 14.7. The van der Waals surface area contributed by atoms with E-state index in [9.17, 15) is 13.2 Å². The van der Waals surface area contributed by atoms with Gasteiger partial charge < -0.3 is 15.0 Å². The summed E-state index contributed by atoms with van der Waals surface area (Å²) in [5.41, 5.74) is 1.57. The maximum atomic E-state index is 12.6. The number of methoxy groups -OCH3 is 1. The number of nitrogens with zero attached hydrogens (tertiary/aromatic N) is 3. The Labute approximate surface area is 186 Å². The predicted octanol–water partition coefficient (Wildman–Crippen LogP) is 3.39. The summed E-state index contributed by atoms with van der Waals surface area (Å²) in [6.07, 6.45) is 1.17. The number of amides is 1. The summed E-state index contributed by atoms with van der Waals surface area (Å²) in [5.74, 6) is 0.546. The fraction of sp³-hybridized carbons (Fsp3) is 0.250. The van der Waals surface area contributed by atoms with Crippen molar-refractivity contribution in [1.29, 1.82) is 0 Å². The summed E-state index contributed by atoms with van der Waals surface area (Å²) in [6, 6.07) is 10.6. The number of benzene rings is 2. The van der Waals surface area contributed by atoms with Gasteiger partial charge in [0, 0.05) is 19.3 Å². The van der Waals surface area contributed by atoms with E-state index in [-0.39, 0.29) is 16.7 Å². The number of ether oxygens (including phenoxy) is 1. The number of hydrogen-bond donors (Lipinski definition) is 1. The van der Waals surface area contributed by atoms with Gasteiger partial charge in [-0.15, -0.1) is 0 Å². The molecule has 0 saturated carbocycles. The standard InChI is InChI=1S/C20H18N4O4S3/c1-28-12-3-5-15-16(7-12)30-20(22-15)24-9-11(10-24)18(25)23-19-21-14-6-4-13(31(2,26)27)8-17(14)29-19/h3-8,11H,9-10H2,1-2H3,(H,21,23,25). The van der Waals surface area contributed by atoms with Gasteiger partial charge in [0.2, 0.25) is 5.91 Å². The van der Waals surface area contributed by atoms with Gasteiger partial charge in [-0.05, 0) is 36.4 Å². The molecule has 2 aromatic heterocycles. The van der Waals surface area contributed by atoms with Crippen LogP contribution in [-0.4, -0.2) is 50.7 Å². The lowest BCUT2D eigenvalue weighted by atomic mass is 10.0. The number of nitrogens with one attached hydrogen (secondary N) is 1. The molecule has 0 bridgehead atoms. The lowest BCUT2D eigenvalue weighted by Crippen LogP contribution is -2.52. The number of carbonyl (C=O) groups is 1. The van der Waals surface area contributed by atoms with Gasteiger partial charge in [0.1, 0.15) is 5.75 Å². The van der Waals surface area contributed by atoms with E-state index < -0.39 is 9.84 Å². The summed E-state index contributed by atoms with van der Waals surface area (Å²) in [5, 5.41) is 4.22. The van der Waals surface area contributed by atoms with Gasteiger partial charge in [-0.2, -0.15) is 0 Å². The minimum atomic E-state index is -3.29. The maximum absolute atomic E-state index is 12.6. The van der Waals surface area contributed by atoms with E-state index in [1.165, 1.54) is 23.7 Å². The molecule has 1 aliphatic heterocycles. The first-order chi connectivity index (χ1) is 14.8. The minimum Gasteiger partial charge on any atom is -0.497 e. The predicted molar refractivity (Wildman–Crippen MR) is 123 cm³/mol. The Morgan fingerprint density at radius 1 is 1.10 bits per heavy atom. The van der Waals surface area contributed by atoms with Crippen molar-refractivity contribution < 1.29 is 17.9 Å². The van der Waals surface area contributed by atoms with Crippen molar-refractivity contribution in [3.05, 3.63) is 36.4 Å². The van der Waals surface area contributed by atoms with Crippen molar-refractivity contribution >= 4 is 69.1 Å². The zero-order chi connectivity index (χ0) is 21.8. The van der Waals surface area contributed by atoms with E-state index >= 15 is 0 Å². The Morgan fingerprint density at radius 3 is 2.55 bits per heavy atom. The first-order valence-corrected chi connectivity index (χ1v) is 12.9. The van der Waals surface area contributed by atoms with E-state index in [0.29, 0.717) is 23.7 Å². The van der Waals surface area contributed by atoms with Crippen molar-refractivity contribution in [1.82, 2.24) is 9.97 Å². The van der Waals surface area contributed by atoms with E-state index in [1.54, 1.807) is 30.6 Å². The van der Waals surface area contributed by atoms with Crippen LogP contribution in [0.3, 0.4) is 0 Å². The molecular weight excluding hydrogens is 456 g/mol. The highest BCUT2D eigenvalue weighted by molar-refractivity contribution is 7.90. The van der Waals surface area contributed by atoms with Gasteiger partial charge >= 0.3 is 0 Å². The van der Waals surface area contributed by atoms with Crippen LogP contribution in [0.15, 0.2) is 41.3 Å². The third-order valence-electron chi connectivity index (χ3n) is 5.13. The molecule has 1 saturated heterocycles. The summed E-state index contributed by atoms with van der Waals surface area (Å²) >= 11 is 2.85. The van der Waals surface area contributed by atoms with Gasteiger partial charge in [0.05, 0.1) is 38.4 Å². The van der Waals surface area contributed by atoms with Gasteiger partial charge in [0.25, 0.3) is 0 Å². The second kappa shape index (κ2) is 7.43. The van der Waals surface area contributed by atoms with Crippen LogP contribution in [0.25, 0.3) is 20.4 Å². The molecule has 0 radical (unpaired) electrons. The molecule has 160 valence electrons. The summed E-state index contributed by atoms with van der Waals surface area (Å²) in [7, 11) is -1.65. The second-order valence-electron chi connectivity index (χ2n) is 7.34. The van der Waals surface area contributed by atoms with Crippen LogP contribution >= 0.6 is 22.7 Å². The number of anilines is 2. The lowest BCUT2D eigenvalue weighted by Gasteiger charge is -2.37. The van der Waals surface area contributed by atoms with E-state index in [1.807, 2.05) is 18.2 Å². The highest BCUT2D eigenvalue weighted by Gasteiger charge is 2.34. The number of sulfone groups is 1. The lowest BCUT2D eigenvalue weighted by molar-refractivity contribution is -0.120. The molecule has 3 heterocycles. The Bertz CT molecular complexity index is 1420. The van der Waals surface area contributed by atoms with Crippen LogP contribution in [0.5, 0.6) is 5.75 Å². The molecular formula is C20H18N4O4S3. The Balaban J connectivity index is 1.25. The van der Waals surface area contributed by atoms with Crippen LogP contribution < -0.4 is 15.0 Å². The molecule has 2 aromatic carbocycles. The monoisotopic (exact) mass is 474 g/mol. The molecule has 1 amide bonds. The fourth-order valence-electron chi connectivity index (χ4n) is 3.35. The van der Waals surface area contributed by atoms with Gasteiger partial charge in [0.15, 0.2) is 20.1 Å². The topological polar surface area (TPSA) is 101 Å². The molecule has 1 fully saturated rings. The first-order valence-electron chi connectivity index (χ1n) is 9.41. The smallest absolute Gasteiger partial charge is 0.232 e. The van der Waals surface area contributed by atoms with Gasteiger partial charge in [-0.25, -0.2) is 18.4 Å². The third-order valence-corrected chi connectivity index (χ3v) is 8.25. The quantitative estimate of drug-likeness (QED) is 0.473. The third kappa shape index (κ3) is 3.84. The number of thiazole rings is 2. The maximum Gasteiger partial charge on any atom is 0.232 e. The summed E-state index contributed by atoms with van der Waals surface area (Å²) in [4.78, 5) is 24.0. The Hall–Kier alpha value is -2.76. The summed E-state index contributed by atoms with van der Waals surface area (Å²) in [6.45, 7) is 1.18. The molecule has 8 nitrogen and oxygen atoms in total. The van der Waals surface area contributed by atoms with Crippen LogP contribution in [0, 0.1) is 5.92 Å². The number of rotatable bonds is 5. The fourth-order valence-corrected chi connectivity index (χ4v) is 5.99. The van der Waals surface area contributed by atoms with Crippen molar-refractivity contribution in [2.24, 2.45) is 5.92 Å². The van der Waals surface area contributed by atoms with Crippen molar-refractivity contribution in [2.45, 2.75) is 4.90 Å². The highest BCUT2D eigenvalue weighted by Crippen LogP contribution is 2.35. The zero-order valence-electron chi connectivity index (χ0n) is 16.7. The largest absolute Gasteiger partial charge is 0.497 e. The first kappa shape index (κ1) is 20.2. The average molecular weight is 475 g/mol. The molecule has 0 unspecified atom stereocenters. The Kier molecular flexibility index (Phi) is 4.83. The van der Waals surface area contributed by atoms with Crippen LogP contribution in [0.2, 0.25) is 0 Å².